The summed E-state index contributed by atoms with van der Waals surface area (Å²) in [5, 5.41) is 0. The van der Waals surface area contributed by atoms with Gasteiger partial charge in [-0.15, -0.1) is 0 Å². The van der Waals surface area contributed by atoms with E-state index in [1.807, 2.05) is 26.8 Å². The molecule has 25 heavy (non-hydrogen) atoms. The topological polar surface area (TPSA) is 74.1 Å². The normalized spacial score (nSPS) is 10.8. The van der Waals surface area contributed by atoms with Crippen LogP contribution in [-0.4, -0.2) is 32.9 Å². The van der Waals surface area contributed by atoms with Gasteiger partial charge in [0.15, 0.2) is 6.61 Å². The van der Waals surface area contributed by atoms with Crippen molar-refractivity contribution < 1.29 is 14.3 Å². The van der Waals surface area contributed by atoms with Crippen LogP contribution in [0, 0.1) is 13.8 Å². The van der Waals surface area contributed by atoms with Gasteiger partial charge < -0.3 is 9.30 Å². The standard InChI is InChI=1S/C19H19N3O3/c1-4-22-12(2)9-15(13(22)3)18(23)11-25-19(24)14-5-6-16-17(10-14)21-8-7-20-16/h5-10H,4,11H2,1-3H3. The fraction of sp³-hybridized carbons (Fsp3) is 0.263. The van der Waals surface area contributed by atoms with Crippen LogP contribution in [-0.2, 0) is 11.3 Å². The number of rotatable bonds is 5. The third-order valence-electron chi connectivity index (χ3n) is 4.23. The molecule has 0 N–H and O–H groups in total. The Morgan fingerprint density at radius 1 is 1.08 bits per heavy atom. The Kier molecular flexibility index (Phi) is 4.61. The number of nitrogens with zero attached hydrogens (tertiary/aromatic N) is 3. The molecule has 0 unspecified atom stereocenters. The Labute approximate surface area is 145 Å². The summed E-state index contributed by atoms with van der Waals surface area (Å²) in [5.74, 6) is -0.757. The lowest BCUT2D eigenvalue weighted by Crippen LogP contribution is -2.15. The number of benzene rings is 1. The van der Waals surface area contributed by atoms with E-state index in [9.17, 15) is 9.59 Å². The number of carbonyl (C=O) groups excluding carboxylic acids is 2. The van der Waals surface area contributed by atoms with Gasteiger partial charge in [-0.25, -0.2) is 4.79 Å². The minimum Gasteiger partial charge on any atom is -0.454 e. The second-order valence-electron chi connectivity index (χ2n) is 5.79. The van der Waals surface area contributed by atoms with E-state index in [-0.39, 0.29) is 12.4 Å². The molecule has 3 aromatic rings. The lowest BCUT2D eigenvalue weighted by Gasteiger charge is -2.07. The number of hydrogen-bond donors (Lipinski definition) is 0. The fourth-order valence-electron chi connectivity index (χ4n) is 2.95. The number of ketones is 1. The molecule has 0 radical (unpaired) electrons. The molecule has 128 valence electrons. The second-order valence-corrected chi connectivity index (χ2v) is 5.79. The van der Waals surface area contributed by atoms with Crippen LogP contribution in [0.2, 0.25) is 0 Å². The van der Waals surface area contributed by atoms with E-state index in [1.165, 1.54) is 0 Å². The third-order valence-corrected chi connectivity index (χ3v) is 4.23. The smallest absolute Gasteiger partial charge is 0.338 e. The van der Waals surface area contributed by atoms with E-state index >= 15 is 0 Å². The Balaban J connectivity index is 1.72. The van der Waals surface area contributed by atoms with Gasteiger partial charge in [0.2, 0.25) is 5.78 Å². The van der Waals surface area contributed by atoms with Crippen LogP contribution in [0.3, 0.4) is 0 Å². The molecule has 0 atom stereocenters. The van der Waals surface area contributed by atoms with Crippen molar-refractivity contribution in [3.05, 3.63) is 59.2 Å². The summed E-state index contributed by atoms with van der Waals surface area (Å²) in [6, 6.07) is 6.76. The lowest BCUT2D eigenvalue weighted by atomic mass is 10.1. The van der Waals surface area contributed by atoms with Crippen LogP contribution in [0.15, 0.2) is 36.7 Å². The molecule has 1 aromatic carbocycles. The minimum atomic E-state index is -0.551. The predicted octanol–water partition coefficient (Wildman–Crippen LogP) is 3.11. The van der Waals surface area contributed by atoms with Crippen molar-refractivity contribution in [3.63, 3.8) is 0 Å². The summed E-state index contributed by atoms with van der Waals surface area (Å²) in [4.78, 5) is 32.9. The van der Waals surface area contributed by atoms with Gasteiger partial charge in [0.05, 0.1) is 16.6 Å². The highest BCUT2D eigenvalue weighted by Gasteiger charge is 2.17. The van der Waals surface area contributed by atoms with E-state index in [1.54, 1.807) is 30.6 Å². The summed E-state index contributed by atoms with van der Waals surface area (Å²) in [5.41, 5.74) is 4.15. The monoisotopic (exact) mass is 337 g/mol. The maximum atomic E-state index is 12.4. The van der Waals surface area contributed by atoms with Gasteiger partial charge >= 0.3 is 5.97 Å². The molecule has 2 heterocycles. The molecule has 0 bridgehead atoms. The lowest BCUT2D eigenvalue weighted by molar-refractivity contribution is 0.0474. The molecule has 0 spiro atoms. The summed E-state index contributed by atoms with van der Waals surface area (Å²) in [6.07, 6.45) is 3.15. The van der Waals surface area contributed by atoms with Gasteiger partial charge in [0.25, 0.3) is 0 Å². The van der Waals surface area contributed by atoms with E-state index in [2.05, 4.69) is 14.5 Å². The van der Waals surface area contributed by atoms with Crippen molar-refractivity contribution in [2.45, 2.75) is 27.3 Å². The van der Waals surface area contributed by atoms with Crippen LogP contribution in [0.5, 0.6) is 0 Å². The number of fused-ring (bicyclic) bond motifs is 1. The average Bonchev–Trinajstić information content (AvgIpc) is 2.92. The number of Topliss-reactive ketones (excluding diaryl/α,β-unsaturated/α-hetero) is 1. The molecule has 0 aliphatic carbocycles. The summed E-state index contributed by atoms with van der Waals surface area (Å²) < 4.78 is 7.24. The zero-order valence-electron chi connectivity index (χ0n) is 14.4. The molecule has 0 amide bonds. The summed E-state index contributed by atoms with van der Waals surface area (Å²) in [7, 11) is 0. The van der Waals surface area contributed by atoms with Gasteiger partial charge in [-0.2, -0.15) is 0 Å². The number of ether oxygens (including phenoxy) is 1. The Morgan fingerprint density at radius 3 is 2.48 bits per heavy atom. The van der Waals surface area contributed by atoms with Crippen LogP contribution in [0.4, 0.5) is 0 Å². The molecule has 0 aliphatic heterocycles. The number of carbonyl (C=O) groups is 2. The quantitative estimate of drug-likeness (QED) is 0.528. The highest BCUT2D eigenvalue weighted by atomic mass is 16.5. The van der Waals surface area contributed by atoms with Crippen LogP contribution < -0.4 is 0 Å². The van der Waals surface area contributed by atoms with Crippen LogP contribution in [0.25, 0.3) is 11.0 Å². The average molecular weight is 337 g/mol. The van der Waals surface area contributed by atoms with Gasteiger partial charge in [-0.05, 0) is 45.0 Å². The fourth-order valence-corrected chi connectivity index (χ4v) is 2.95. The molecule has 0 aliphatic rings. The SMILES string of the molecule is CCn1c(C)cc(C(=O)COC(=O)c2ccc3nccnc3c2)c1C. The van der Waals surface area contributed by atoms with Crippen molar-refractivity contribution in [1.82, 2.24) is 14.5 Å². The van der Waals surface area contributed by atoms with E-state index in [0.29, 0.717) is 22.2 Å². The molecule has 3 rings (SSSR count). The van der Waals surface area contributed by atoms with Gasteiger partial charge in [0.1, 0.15) is 0 Å². The minimum absolute atomic E-state index is 0.207. The first-order chi connectivity index (χ1) is 12.0. The van der Waals surface area contributed by atoms with Crippen molar-refractivity contribution in [2.24, 2.45) is 0 Å². The first-order valence-corrected chi connectivity index (χ1v) is 8.09. The first-order valence-electron chi connectivity index (χ1n) is 8.09. The van der Waals surface area contributed by atoms with Gasteiger partial charge in [-0.1, -0.05) is 0 Å². The molecule has 6 heteroatoms. The van der Waals surface area contributed by atoms with Crippen molar-refractivity contribution in [3.8, 4) is 0 Å². The van der Waals surface area contributed by atoms with E-state index in [0.717, 1.165) is 17.9 Å². The molecule has 6 nitrogen and oxygen atoms in total. The van der Waals surface area contributed by atoms with Gasteiger partial charge in [-0.3, -0.25) is 14.8 Å². The Morgan fingerprint density at radius 2 is 1.80 bits per heavy atom. The number of aromatic nitrogens is 3. The highest BCUT2D eigenvalue weighted by Crippen LogP contribution is 2.16. The Bertz CT molecular complexity index is 960. The zero-order valence-corrected chi connectivity index (χ0v) is 14.4. The maximum Gasteiger partial charge on any atom is 0.338 e. The first kappa shape index (κ1) is 16.8. The molecular weight excluding hydrogens is 318 g/mol. The molecule has 0 fully saturated rings. The summed E-state index contributed by atoms with van der Waals surface area (Å²) in [6.45, 7) is 6.38. The van der Waals surface area contributed by atoms with E-state index < -0.39 is 5.97 Å². The summed E-state index contributed by atoms with van der Waals surface area (Å²) >= 11 is 0. The van der Waals surface area contributed by atoms with Crippen LogP contribution >= 0.6 is 0 Å². The highest BCUT2D eigenvalue weighted by molar-refractivity contribution is 6.01. The van der Waals surface area contributed by atoms with Crippen molar-refractivity contribution >= 4 is 22.8 Å². The molecule has 0 saturated heterocycles. The maximum absolute atomic E-state index is 12.4. The van der Waals surface area contributed by atoms with Crippen LogP contribution in [0.1, 0.15) is 39.0 Å². The van der Waals surface area contributed by atoms with Gasteiger partial charge in [0, 0.05) is 35.9 Å². The molecule has 0 saturated carbocycles. The number of hydrogen-bond acceptors (Lipinski definition) is 5. The van der Waals surface area contributed by atoms with Crippen molar-refractivity contribution in [2.75, 3.05) is 6.61 Å². The van der Waals surface area contributed by atoms with Crippen molar-refractivity contribution in [1.29, 1.82) is 0 Å². The zero-order chi connectivity index (χ0) is 18.0. The number of aryl methyl sites for hydroxylation is 1. The second kappa shape index (κ2) is 6.84. The molecular formula is C19H19N3O3. The Hall–Kier alpha value is -3.02. The largest absolute Gasteiger partial charge is 0.454 e. The predicted molar refractivity (Wildman–Crippen MR) is 93.7 cm³/mol. The molecule has 2 aromatic heterocycles. The third kappa shape index (κ3) is 3.28. The number of esters is 1. The van der Waals surface area contributed by atoms with E-state index in [4.69, 9.17) is 4.74 Å².